The molecule has 0 spiro atoms. The Hall–Kier alpha value is -1.99. The van der Waals surface area contributed by atoms with Gasteiger partial charge in [0.2, 0.25) is 5.91 Å². The first-order chi connectivity index (χ1) is 11.0. The number of amides is 1. The molecule has 2 aromatic rings. The van der Waals surface area contributed by atoms with E-state index >= 15 is 0 Å². The number of thioether (sulfide) groups is 1. The number of rotatable bonds is 6. The second-order valence-corrected chi connectivity index (χ2v) is 7.52. The summed E-state index contributed by atoms with van der Waals surface area (Å²) in [6.45, 7) is 0. The number of nitrogens with one attached hydrogen (secondary N) is 1. The van der Waals surface area contributed by atoms with Crippen molar-refractivity contribution in [2.75, 3.05) is 24.4 Å². The van der Waals surface area contributed by atoms with Crippen LogP contribution in [0.15, 0.2) is 58.3 Å². The number of anilines is 1. The maximum absolute atomic E-state index is 12.3. The topological polar surface area (TPSA) is 72.5 Å². The Morgan fingerprint density at radius 1 is 1.13 bits per heavy atom. The number of methoxy groups -OCH3 is 1. The van der Waals surface area contributed by atoms with Crippen LogP contribution in [0.4, 0.5) is 5.69 Å². The zero-order valence-electron chi connectivity index (χ0n) is 12.8. The van der Waals surface area contributed by atoms with Gasteiger partial charge in [-0.3, -0.25) is 4.79 Å². The predicted molar refractivity (Wildman–Crippen MR) is 91.9 cm³/mol. The average molecular weight is 351 g/mol. The summed E-state index contributed by atoms with van der Waals surface area (Å²) in [5.74, 6) is -0.619. The van der Waals surface area contributed by atoms with Crippen molar-refractivity contribution in [1.29, 1.82) is 0 Å². The SMILES string of the molecule is COc1ccc(S(=O)(=O)CC(=O)Nc2ccccc2SC)cc1. The van der Waals surface area contributed by atoms with Gasteiger partial charge >= 0.3 is 0 Å². The van der Waals surface area contributed by atoms with E-state index in [1.54, 1.807) is 24.3 Å². The Morgan fingerprint density at radius 2 is 1.78 bits per heavy atom. The fourth-order valence-corrected chi connectivity index (χ4v) is 3.66. The molecular formula is C16H17NO4S2. The Morgan fingerprint density at radius 3 is 2.39 bits per heavy atom. The minimum atomic E-state index is -3.70. The molecule has 0 saturated carbocycles. The highest BCUT2D eigenvalue weighted by Crippen LogP contribution is 2.25. The fourth-order valence-electron chi connectivity index (χ4n) is 1.97. The molecule has 0 aromatic heterocycles. The van der Waals surface area contributed by atoms with Gasteiger partial charge in [0.25, 0.3) is 0 Å². The van der Waals surface area contributed by atoms with Gasteiger partial charge in [-0.05, 0) is 42.7 Å². The van der Waals surface area contributed by atoms with Gasteiger partial charge in [0.15, 0.2) is 9.84 Å². The molecule has 0 aliphatic rings. The highest BCUT2D eigenvalue weighted by molar-refractivity contribution is 7.98. The maximum atomic E-state index is 12.3. The van der Waals surface area contributed by atoms with E-state index in [9.17, 15) is 13.2 Å². The number of hydrogen-bond donors (Lipinski definition) is 1. The smallest absolute Gasteiger partial charge is 0.239 e. The van der Waals surface area contributed by atoms with E-state index in [4.69, 9.17) is 4.74 Å². The van der Waals surface area contributed by atoms with E-state index in [0.717, 1.165) is 4.90 Å². The minimum Gasteiger partial charge on any atom is -0.497 e. The molecule has 0 unspecified atom stereocenters. The molecule has 0 radical (unpaired) electrons. The van der Waals surface area contributed by atoms with Crippen LogP contribution >= 0.6 is 11.8 Å². The highest BCUT2D eigenvalue weighted by Gasteiger charge is 2.20. The Labute approximate surface area is 140 Å². The summed E-state index contributed by atoms with van der Waals surface area (Å²) in [7, 11) is -2.20. The van der Waals surface area contributed by atoms with Crippen LogP contribution in [0.1, 0.15) is 0 Å². The lowest BCUT2D eigenvalue weighted by Crippen LogP contribution is -2.23. The number of para-hydroxylation sites is 1. The van der Waals surface area contributed by atoms with Crippen LogP contribution in [0, 0.1) is 0 Å². The minimum absolute atomic E-state index is 0.0894. The van der Waals surface area contributed by atoms with E-state index in [1.165, 1.54) is 31.0 Å². The molecule has 23 heavy (non-hydrogen) atoms. The number of carbonyl (C=O) groups excluding carboxylic acids is 1. The van der Waals surface area contributed by atoms with Gasteiger partial charge in [-0.25, -0.2) is 8.42 Å². The summed E-state index contributed by atoms with van der Waals surface area (Å²) in [5, 5.41) is 2.65. The first-order valence-corrected chi connectivity index (χ1v) is 9.63. The third-order valence-corrected chi connectivity index (χ3v) is 5.55. The number of benzene rings is 2. The predicted octanol–water partition coefficient (Wildman–Crippen LogP) is 2.83. The maximum Gasteiger partial charge on any atom is 0.239 e. The summed E-state index contributed by atoms with van der Waals surface area (Å²) < 4.78 is 29.6. The molecule has 1 N–H and O–H groups in total. The van der Waals surface area contributed by atoms with Crippen LogP contribution in [0.25, 0.3) is 0 Å². The van der Waals surface area contributed by atoms with Crippen molar-refractivity contribution >= 4 is 33.2 Å². The van der Waals surface area contributed by atoms with Gasteiger partial charge in [0, 0.05) is 4.90 Å². The summed E-state index contributed by atoms with van der Waals surface area (Å²) in [5.41, 5.74) is 0.606. The summed E-state index contributed by atoms with van der Waals surface area (Å²) in [6, 6.07) is 13.2. The Kier molecular flexibility index (Phi) is 5.68. The fraction of sp³-hybridized carbons (Fsp3) is 0.188. The quantitative estimate of drug-likeness (QED) is 0.810. The first kappa shape index (κ1) is 17.4. The zero-order valence-corrected chi connectivity index (χ0v) is 14.4. The van der Waals surface area contributed by atoms with Crippen LogP contribution in [0.2, 0.25) is 0 Å². The van der Waals surface area contributed by atoms with Crippen molar-refractivity contribution in [2.45, 2.75) is 9.79 Å². The van der Waals surface area contributed by atoms with Crippen LogP contribution in [0.3, 0.4) is 0 Å². The van der Waals surface area contributed by atoms with Gasteiger partial charge in [0.05, 0.1) is 17.7 Å². The molecule has 0 saturated heterocycles. The molecule has 0 bridgehead atoms. The van der Waals surface area contributed by atoms with Crippen molar-refractivity contribution in [3.05, 3.63) is 48.5 Å². The van der Waals surface area contributed by atoms with Gasteiger partial charge in [-0.15, -0.1) is 11.8 Å². The van der Waals surface area contributed by atoms with Gasteiger partial charge in [-0.2, -0.15) is 0 Å². The number of ether oxygens (including phenoxy) is 1. The molecule has 122 valence electrons. The standard InChI is InChI=1S/C16H17NO4S2/c1-21-12-7-9-13(10-8-12)23(19,20)11-16(18)17-14-5-3-4-6-15(14)22-2/h3-10H,11H2,1-2H3,(H,17,18). The molecule has 7 heteroatoms. The second-order valence-electron chi connectivity index (χ2n) is 4.68. The molecule has 0 heterocycles. The van der Waals surface area contributed by atoms with Crippen molar-refractivity contribution in [2.24, 2.45) is 0 Å². The zero-order chi connectivity index (χ0) is 16.9. The van der Waals surface area contributed by atoms with Gasteiger partial charge in [0.1, 0.15) is 11.5 Å². The molecule has 0 aliphatic heterocycles. The Balaban J connectivity index is 2.11. The van der Waals surface area contributed by atoms with Gasteiger partial charge in [-0.1, -0.05) is 12.1 Å². The molecule has 0 fully saturated rings. The number of sulfone groups is 1. The molecule has 5 nitrogen and oxygen atoms in total. The van der Waals surface area contributed by atoms with Crippen molar-refractivity contribution in [3.63, 3.8) is 0 Å². The molecular weight excluding hydrogens is 334 g/mol. The highest BCUT2D eigenvalue weighted by atomic mass is 32.2. The van der Waals surface area contributed by atoms with E-state index in [2.05, 4.69) is 5.32 Å². The first-order valence-electron chi connectivity index (χ1n) is 6.76. The van der Waals surface area contributed by atoms with E-state index in [0.29, 0.717) is 11.4 Å². The van der Waals surface area contributed by atoms with Crippen molar-refractivity contribution in [1.82, 2.24) is 0 Å². The van der Waals surface area contributed by atoms with E-state index in [1.807, 2.05) is 18.4 Å². The van der Waals surface area contributed by atoms with Gasteiger partial charge < -0.3 is 10.1 Å². The summed E-state index contributed by atoms with van der Waals surface area (Å²) >= 11 is 1.48. The summed E-state index contributed by atoms with van der Waals surface area (Å²) in [6.07, 6.45) is 1.89. The second kappa shape index (κ2) is 7.52. The van der Waals surface area contributed by atoms with Crippen LogP contribution in [-0.2, 0) is 14.6 Å². The molecule has 0 atom stereocenters. The Bertz CT molecular complexity index is 786. The number of carbonyl (C=O) groups is 1. The normalized spacial score (nSPS) is 11.0. The average Bonchev–Trinajstić information content (AvgIpc) is 2.55. The summed E-state index contributed by atoms with van der Waals surface area (Å²) in [4.78, 5) is 13.0. The number of hydrogen-bond acceptors (Lipinski definition) is 5. The van der Waals surface area contributed by atoms with Crippen molar-refractivity contribution < 1.29 is 17.9 Å². The van der Waals surface area contributed by atoms with Crippen molar-refractivity contribution in [3.8, 4) is 5.75 Å². The molecule has 0 aliphatic carbocycles. The van der Waals surface area contributed by atoms with E-state index in [-0.39, 0.29) is 4.90 Å². The van der Waals surface area contributed by atoms with Crippen LogP contribution in [0.5, 0.6) is 5.75 Å². The van der Waals surface area contributed by atoms with Crippen LogP contribution in [-0.4, -0.2) is 33.4 Å². The van der Waals surface area contributed by atoms with E-state index < -0.39 is 21.5 Å². The monoisotopic (exact) mass is 351 g/mol. The van der Waals surface area contributed by atoms with Crippen LogP contribution < -0.4 is 10.1 Å². The lowest BCUT2D eigenvalue weighted by atomic mass is 10.3. The lowest BCUT2D eigenvalue weighted by molar-refractivity contribution is -0.113. The molecule has 2 aromatic carbocycles. The molecule has 2 rings (SSSR count). The third kappa shape index (κ3) is 4.49. The lowest BCUT2D eigenvalue weighted by Gasteiger charge is -2.10. The largest absolute Gasteiger partial charge is 0.497 e. The molecule has 1 amide bonds. The third-order valence-electron chi connectivity index (χ3n) is 3.12.